The number of rotatable bonds is 6. The van der Waals surface area contributed by atoms with Crippen LogP contribution in [0, 0.1) is 0 Å². The zero-order chi connectivity index (χ0) is 16.9. The van der Waals surface area contributed by atoms with Crippen LogP contribution in [0.5, 0.6) is 17.2 Å². The van der Waals surface area contributed by atoms with Crippen LogP contribution in [0.3, 0.4) is 0 Å². The number of hydrogen-bond acceptors (Lipinski definition) is 6. The van der Waals surface area contributed by atoms with Gasteiger partial charge in [-0.05, 0) is 30.3 Å². The predicted molar refractivity (Wildman–Crippen MR) is 88.6 cm³/mol. The second-order valence-corrected chi connectivity index (χ2v) is 5.23. The van der Waals surface area contributed by atoms with Crippen molar-refractivity contribution in [1.82, 2.24) is 10.2 Å². The van der Waals surface area contributed by atoms with Crippen LogP contribution in [-0.4, -0.2) is 24.4 Å². The summed E-state index contributed by atoms with van der Waals surface area (Å²) < 4.78 is 21.8. The lowest BCUT2D eigenvalue weighted by Crippen LogP contribution is -1.99. The van der Waals surface area contributed by atoms with Gasteiger partial charge in [0, 0.05) is 10.6 Å². The Morgan fingerprint density at radius 1 is 1.00 bits per heavy atom. The van der Waals surface area contributed by atoms with E-state index in [4.69, 9.17) is 30.2 Å². The van der Waals surface area contributed by atoms with Gasteiger partial charge in [0.2, 0.25) is 11.6 Å². The van der Waals surface area contributed by atoms with E-state index in [0.29, 0.717) is 34.1 Å². The maximum atomic E-state index is 5.96. The van der Waals surface area contributed by atoms with Crippen LogP contribution < -0.4 is 14.2 Å². The topological polar surface area (TPSA) is 66.6 Å². The minimum Gasteiger partial charge on any atom is -0.493 e. The molecule has 0 saturated heterocycles. The average Bonchev–Trinajstić information content (AvgIpc) is 3.08. The SMILES string of the molecule is COc1cccc(OCc2nnc(-c3cccc(Cl)c3)o2)c1OC. The molecule has 124 valence electrons. The van der Waals surface area contributed by atoms with Gasteiger partial charge in [0.1, 0.15) is 0 Å². The summed E-state index contributed by atoms with van der Waals surface area (Å²) in [6, 6.07) is 12.6. The highest BCUT2D eigenvalue weighted by atomic mass is 35.5. The van der Waals surface area contributed by atoms with Crippen molar-refractivity contribution >= 4 is 11.6 Å². The Kier molecular flexibility index (Phi) is 4.86. The molecule has 0 bridgehead atoms. The minimum absolute atomic E-state index is 0.108. The molecule has 7 heteroatoms. The zero-order valence-electron chi connectivity index (χ0n) is 13.2. The number of methoxy groups -OCH3 is 2. The number of aromatic nitrogens is 2. The lowest BCUT2D eigenvalue weighted by Gasteiger charge is -2.12. The summed E-state index contributed by atoms with van der Waals surface area (Å²) >= 11 is 5.96. The third-order valence-electron chi connectivity index (χ3n) is 3.26. The van der Waals surface area contributed by atoms with Crippen LogP contribution in [0.2, 0.25) is 5.02 Å². The third kappa shape index (κ3) is 3.44. The summed E-state index contributed by atoms with van der Waals surface area (Å²) in [5.74, 6) is 2.35. The summed E-state index contributed by atoms with van der Waals surface area (Å²) in [6.07, 6.45) is 0. The quantitative estimate of drug-likeness (QED) is 0.672. The second-order valence-electron chi connectivity index (χ2n) is 4.79. The van der Waals surface area contributed by atoms with Gasteiger partial charge in [-0.2, -0.15) is 0 Å². The number of benzene rings is 2. The van der Waals surface area contributed by atoms with E-state index >= 15 is 0 Å². The van der Waals surface area contributed by atoms with Gasteiger partial charge in [-0.15, -0.1) is 10.2 Å². The first kappa shape index (κ1) is 16.1. The summed E-state index contributed by atoms with van der Waals surface area (Å²) in [7, 11) is 3.12. The Morgan fingerprint density at radius 3 is 2.54 bits per heavy atom. The fraction of sp³-hybridized carbons (Fsp3) is 0.176. The van der Waals surface area contributed by atoms with Crippen LogP contribution in [0.15, 0.2) is 46.9 Å². The summed E-state index contributed by atoms with van der Waals surface area (Å²) in [4.78, 5) is 0. The lowest BCUT2D eigenvalue weighted by atomic mass is 10.2. The molecule has 0 aliphatic rings. The van der Waals surface area contributed by atoms with Crippen molar-refractivity contribution < 1.29 is 18.6 Å². The third-order valence-corrected chi connectivity index (χ3v) is 3.49. The molecule has 0 aliphatic heterocycles. The highest BCUT2D eigenvalue weighted by Crippen LogP contribution is 2.37. The van der Waals surface area contributed by atoms with E-state index in [9.17, 15) is 0 Å². The minimum atomic E-state index is 0.108. The zero-order valence-corrected chi connectivity index (χ0v) is 13.9. The van der Waals surface area contributed by atoms with E-state index in [1.54, 1.807) is 38.5 Å². The van der Waals surface area contributed by atoms with Crippen molar-refractivity contribution in [2.45, 2.75) is 6.61 Å². The smallest absolute Gasteiger partial charge is 0.254 e. The van der Waals surface area contributed by atoms with Gasteiger partial charge in [-0.25, -0.2) is 0 Å². The monoisotopic (exact) mass is 346 g/mol. The Balaban J connectivity index is 1.74. The van der Waals surface area contributed by atoms with E-state index in [1.165, 1.54) is 0 Å². The maximum absolute atomic E-state index is 5.96. The first-order valence-electron chi connectivity index (χ1n) is 7.13. The van der Waals surface area contributed by atoms with Crippen LogP contribution in [0.4, 0.5) is 0 Å². The first-order valence-corrected chi connectivity index (χ1v) is 7.51. The molecular weight excluding hydrogens is 332 g/mol. The molecule has 6 nitrogen and oxygen atoms in total. The van der Waals surface area contributed by atoms with Gasteiger partial charge in [0.05, 0.1) is 14.2 Å². The lowest BCUT2D eigenvalue weighted by molar-refractivity contribution is 0.246. The Bertz CT molecular complexity index is 835. The van der Waals surface area contributed by atoms with E-state index in [1.807, 2.05) is 18.2 Å². The Hall–Kier alpha value is -2.73. The highest BCUT2D eigenvalue weighted by Gasteiger charge is 2.13. The number of halogens is 1. The van der Waals surface area contributed by atoms with Gasteiger partial charge in [-0.1, -0.05) is 23.7 Å². The number of nitrogens with zero attached hydrogens (tertiary/aromatic N) is 2. The maximum Gasteiger partial charge on any atom is 0.254 e. The molecule has 0 radical (unpaired) electrons. The Morgan fingerprint density at radius 2 is 1.79 bits per heavy atom. The molecule has 2 aromatic carbocycles. The normalized spacial score (nSPS) is 10.5. The van der Waals surface area contributed by atoms with Crippen LogP contribution in [-0.2, 0) is 6.61 Å². The van der Waals surface area contributed by atoms with Gasteiger partial charge in [0.25, 0.3) is 5.89 Å². The summed E-state index contributed by atoms with van der Waals surface area (Å²) in [6.45, 7) is 0.108. The molecular formula is C17H15ClN2O4. The first-order chi connectivity index (χ1) is 11.7. The van der Waals surface area contributed by atoms with Gasteiger partial charge < -0.3 is 18.6 Å². The van der Waals surface area contributed by atoms with Crippen LogP contribution in [0.1, 0.15) is 5.89 Å². The molecule has 3 aromatic rings. The van der Waals surface area contributed by atoms with E-state index in [-0.39, 0.29) is 6.61 Å². The highest BCUT2D eigenvalue weighted by molar-refractivity contribution is 6.30. The number of ether oxygens (including phenoxy) is 3. The summed E-state index contributed by atoms with van der Waals surface area (Å²) in [5.41, 5.74) is 0.750. The Labute approximate surface area is 143 Å². The van der Waals surface area contributed by atoms with Crippen molar-refractivity contribution in [3.63, 3.8) is 0 Å². The van der Waals surface area contributed by atoms with Crippen molar-refractivity contribution in [2.75, 3.05) is 14.2 Å². The van der Waals surface area contributed by atoms with Gasteiger partial charge in [-0.3, -0.25) is 0 Å². The van der Waals surface area contributed by atoms with Crippen molar-refractivity contribution in [2.24, 2.45) is 0 Å². The molecule has 0 unspecified atom stereocenters. The van der Waals surface area contributed by atoms with E-state index in [2.05, 4.69) is 10.2 Å². The molecule has 0 amide bonds. The molecule has 1 aromatic heterocycles. The average molecular weight is 347 g/mol. The fourth-order valence-corrected chi connectivity index (χ4v) is 2.35. The van der Waals surface area contributed by atoms with E-state index in [0.717, 1.165) is 5.56 Å². The molecule has 1 heterocycles. The van der Waals surface area contributed by atoms with Gasteiger partial charge >= 0.3 is 0 Å². The fourth-order valence-electron chi connectivity index (χ4n) is 2.16. The van der Waals surface area contributed by atoms with Crippen LogP contribution in [0.25, 0.3) is 11.5 Å². The number of hydrogen-bond donors (Lipinski definition) is 0. The molecule has 0 spiro atoms. The van der Waals surface area contributed by atoms with Crippen molar-refractivity contribution in [3.8, 4) is 28.7 Å². The standard InChI is InChI=1S/C17H15ClN2O4/c1-21-13-7-4-8-14(16(13)22-2)23-10-15-19-20-17(24-15)11-5-3-6-12(18)9-11/h3-9H,10H2,1-2H3. The molecule has 0 aliphatic carbocycles. The predicted octanol–water partition coefficient (Wildman–Crippen LogP) is 3.99. The molecule has 0 atom stereocenters. The molecule has 3 rings (SSSR count). The van der Waals surface area contributed by atoms with Crippen molar-refractivity contribution in [3.05, 3.63) is 53.4 Å². The molecule has 0 N–H and O–H groups in total. The summed E-state index contributed by atoms with van der Waals surface area (Å²) in [5, 5.41) is 8.58. The van der Waals surface area contributed by atoms with E-state index < -0.39 is 0 Å². The molecule has 0 fully saturated rings. The van der Waals surface area contributed by atoms with Crippen LogP contribution >= 0.6 is 11.6 Å². The molecule has 0 saturated carbocycles. The van der Waals surface area contributed by atoms with Crippen molar-refractivity contribution in [1.29, 1.82) is 0 Å². The number of para-hydroxylation sites is 1. The largest absolute Gasteiger partial charge is 0.493 e. The molecule has 24 heavy (non-hydrogen) atoms. The van der Waals surface area contributed by atoms with Gasteiger partial charge in [0.15, 0.2) is 18.1 Å². The second kappa shape index (κ2) is 7.23.